The van der Waals surface area contributed by atoms with Gasteiger partial charge in [0.25, 0.3) is 0 Å². The van der Waals surface area contributed by atoms with Crippen molar-refractivity contribution in [1.82, 2.24) is 10.0 Å². The van der Waals surface area contributed by atoms with Gasteiger partial charge in [0.15, 0.2) is 9.84 Å². The highest BCUT2D eigenvalue weighted by atomic mass is 32.2. The fourth-order valence-corrected chi connectivity index (χ4v) is 4.91. The molecule has 8 heteroatoms. The molecule has 0 radical (unpaired) electrons. The van der Waals surface area contributed by atoms with Crippen LogP contribution >= 0.6 is 11.8 Å². The highest BCUT2D eigenvalue weighted by Gasteiger charge is 2.35. The van der Waals surface area contributed by atoms with Crippen LogP contribution in [-0.4, -0.2) is 61.7 Å². The summed E-state index contributed by atoms with van der Waals surface area (Å²) in [6, 6.07) is 5.63. The second kappa shape index (κ2) is 6.97. The molecule has 1 aromatic rings. The zero-order chi connectivity index (χ0) is 16.3. The van der Waals surface area contributed by atoms with E-state index in [2.05, 4.69) is 0 Å². The maximum atomic E-state index is 12.8. The number of carbonyl (C=O) groups is 1. The van der Waals surface area contributed by atoms with Crippen molar-refractivity contribution in [2.75, 3.05) is 31.4 Å². The zero-order valence-electron chi connectivity index (χ0n) is 12.5. The van der Waals surface area contributed by atoms with Crippen molar-refractivity contribution >= 4 is 27.5 Å². The molecule has 1 heterocycles. The van der Waals surface area contributed by atoms with Crippen molar-refractivity contribution in [2.45, 2.75) is 17.4 Å². The highest BCUT2D eigenvalue weighted by molar-refractivity contribution is 8.00. The van der Waals surface area contributed by atoms with Crippen molar-refractivity contribution < 1.29 is 17.6 Å². The number of halogens is 1. The van der Waals surface area contributed by atoms with Gasteiger partial charge in [-0.15, -0.1) is 11.8 Å². The lowest BCUT2D eigenvalue weighted by Crippen LogP contribution is -2.50. The molecule has 22 heavy (non-hydrogen) atoms. The second-order valence-corrected chi connectivity index (χ2v) is 8.66. The van der Waals surface area contributed by atoms with Gasteiger partial charge in [0.2, 0.25) is 5.91 Å². The lowest BCUT2D eigenvalue weighted by Gasteiger charge is -2.33. The van der Waals surface area contributed by atoms with Crippen molar-refractivity contribution in [3.63, 3.8) is 0 Å². The van der Waals surface area contributed by atoms with Crippen LogP contribution in [0.1, 0.15) is 6.42 Å². The van der Waals surface area contributed by atoms with E-state index in [1.165, 1.54) is 28.9 Å². The lowest BCUT2D eigenvalue weighted by molar-refractivity contribution is -0.145. The second-order valence-electron chi connectivity index (χ2n) is 5.38. The Morgan fingerprint density at radius 3 is 2.45 bits per heavy atom. The molecule has 0 aliphatic carbocycles. The number of rotatable bonds is 5. The fourth-order valence-electron chi connectivity index (χ4n) is 2.46. The molecule has 0 aromatic heterocycles. The molecule has 1 aliphatic heterocycles. The van der Waals surface area contributed by atoms with Gasteiger partial charge in [-0.1, -0.05) is 0 Å². The molecule has 0 bridgehead atoms. The van der Waals surface area contributed by atoms with Gasteiger partial charge < -0.3 is 0 Å². The zero-order valence-corrected chi connectivity index (χ0v) is 14.2. The molecular formula is C14H19FN2O3S2. The van der Waals surface area contributed by atoms with Gasteiger partial charge in [-0.05, 0) is 30.7 Å². The van der Waals surface area contributed by atoms with Crippen LogP contribution in [-0.2, 0) is 14.6 Å². The number of benzene rings is 1. The number of thioether (sulfide) groups is 1. The number of nitrogens with zero attached hydrogens (tertiary/aromatic N) is 2. The summed E-state index contributed by atoms with van der Waals surface area (Å²) in [4.78, 5) is 13.2. The molecule has 1 unspecified atom stereocenters. The van der Waals surface area contributed by atoms with E-state index in [0.717, 1.165) is 4.90 Å². The van der Waals surface area contributed by atoms with Gasteiger partial charge in [0, 0.05) is 19.0 Å². The summed E-state index contributed by atoms with van der Waals surface area (Å²) in [6.07, 6.45) is 0.466. The predicted molar refractivity (Wildman–Crippen MR) is 84.7 cm³/mol. The lowest BCUT2D eigenvalue weighted by atomic mass is 10.2. The summed E-state index contributed by atoms with van der Waals surface area (Å²) in [5.41, 5.74) is 0. The van der Waals surface area contributed by atoms with Crippen molar-refractivity contribution in [3.05, 3.63) is 30.1 Å². The van der Waals surface area contributed by atoms with Crippen LogP contribution in [0.2, 0.25) is 0 Å². The van der Waals surface area contributed by atoms with E-state index in [1.807, 2.05) is 0 Å². The quantitative estimate of drug-likeness (QED) is 0.596. The minimum atomic E-state index is -3.05. The van der Waals surface area contributed by atoms with Crippen LogP contribution in [0.5, 0.6) is 0 Å². The number of hydrogen-bond acceptors (Lipinski definition) is 5. The van der Waals surface area contributed by atoms with Crippen LogP contribution in [0, 0.1) is 5.82 Å². The Hall–Kier alpha value is -1.12. The Kier molecular flexibility index (Phi) is 5.46. The Morgan fingerprint density at radius 1 is 1.32 bits per heavy atom. The largest absolute Gasteiger partial charge is 0.272 e. The summed E-state index contributed by atoms with van der Waals surface area (Å²) in [5.74, 6) is -0.151. The Morgan fingerprint density at radius 2 is 1.95 bits per heavy atom. The predicted octanol–water partition coefficient (Wildman–Crippen LogP) is 1.41. The Labute approximate surface area is 134 Å². The topological polar surface area (TPSA) is 57.7 Å². The summed E-state index contributed by atoms with van der Waals surface area (Å²) >= 11 is 1.31. The van der Waals surface area contributed by atoms with Crippen molar-refractivity contribution in [3.8, 4) is 0 Å². The molecule has 1 atom stereocenters. The first-order chi connectivity index (χ1) is 10.3. The van der Waals surface area contributed by atoms with Crippen LogP contribution in [0.25, 0.3) is 0 Å². The highest BCUT2D eigenvalue weighted by Crippen LogP contribution is 2.22. The van der Waals surface area contributed by atoms with E-state index in [0.29, 0.717) is 6.42 Å². The standard InChI is InChI=1S/C14H19FN2O3S2/c1-16(2)17(12-7-8-22(19,20)10-12)14(18)9-21-13-5-3-11(15)4-6-13/h3-6,12H,7-10H2,1-2H3. The summed E-state index contributed by atoms with van der Waals surface area (Å²) in [6.45, 7) is 0. The van der Waals surface area contributed by atoms with Crippen molar-refractivity contribution in [1.29, 1.82) is 0 Å². The normalized spacial score (nSPS) is 20.3. The minimum absolute atomic E-state index is 0.0120. The molecule has 5 nitrogen and oxygen atoms in total. The van der Waals surface area contributed by atoms with Crippen LogP contribution in [0.3, 0.4) is 0 Å². The maximum absolute atomic E-state index is 12.8. The molecule has 1 fully saturated rings. The first-order valence-electron chi connectivity index (χ1n) is 6.86. The van der Waals surface area contributed by atoms with Crippen LogP contribution < -0.4 is 0 Å². The molecule has 0 spiro atoms. The molecule has 1 amide bonds. The molecule has 1 aromatic carbocycles. The third kappa shape index (κ3) is 4.44. The maximum Gasteiger partial charge on any atom is 0.247 e. The fraction of sp³-hybridized carbons (Fsp3) is 0.500. The van der Waals surface area contributed by atoms with Gasteiger partial charge in [0.1, 0.15) is 5.82 Å². The molecule has 2 rings (SSSR count). The minimum Gasteiger partial charge on any atom is -0.272 e. The summed E-state index contributed by atoms with van der Waals surface area (Å²) in [7, 11) is 0.407. The van der Waals surface area contributed by atoms with E-state index in [4.69, 9.17) is 0 Å². The monoisotopic (exact) mass is 346 g/mol. The van der Waals surface area contributed by atoms with E-state index < -0.39 is 9.84 Å². The van der Waals surface area contributed by atoms with Crippen LogP contribution in [0.4, 0.5) is 4.39 Å². The molecule has 1 saturated heterocycles. The van der Waals surface area contributed by atoms with E-state index >= 15 is 0 Å². The number of hydrazine groups is 1. The molecular weight excluding hydrogens is 327 g/mol. The average Bonchev–Trinajstić information content (AvgIpc) is 2.78. The average molecular weight is 346 g/mol. The smallest absolute Gasteiger partial charge is 0.247 e. The Bertz CT molecular complexity index is 632. The molecule has 0 saturated carbocycles. The van der Waals surface area contributed by atoms with Crippen LogP contribution in [0.15, 0.2) is 29.2 Å². The summed E-state index contributed by atoms with van der Waals surface area (Å²) in [5, 5.41) is 3.15. The summed E-state index contributed by atoms with van der Waals surface area (Å²) < 4.78 is 36.1. The van der Waals surface area contributed by atoms with Gasteiger partial charge in [0.05, 0.1) is 23.3 Å². The number of carbonyl (C=O) groups excluding carboxylic acids is 1. The van der Waals surface area contributed by atoms with E-state index in [-0.39, 0.29) is 35.0 Å². The van der Waals surface area contributed by atoms with Crippen molar-refractivity contribution in [2.24, 2.45) is 0 Å². The number of sulfone groups is 1. The molecule has 1 aliphatic rings. The first kappa shape index (κ1) is 17.2. The van der Waals surface area contributed by atoms with Gasteiger partial charge in [-0.2, -0.15) is 0 Å². The number of hydrogen-bond donors (Lipinski definition) is 0. The SMILES string of the molecule is CN(C)N(C(=O)CSc1ccc(F)cc1)C1CCS(=O)(=O)C1. The van der Waals surface area contributed by atoms with Gasteiger partial charge in [-0.3, -0.25) is 9.80 Å². The van der Waals surface area contributed by atoms with E-state index in [9.17, 15) is 17.6 Å². The van der Waals surface area contributed by atoms with Gasteiger partial charge in [-0.25, -0.2) is 17.8 Å². The number of amides is 1. The van der Waals surface area contributed by atoms with E-state index in [1.54, 1.807) is 31.2 Å². The third-order valence-electron chi connectivity index (χ3n) is 3.42. The molecule has 0 N–H and O–H groups in total. The first-order valence-corrected chi connectivity index (χ1v) is 9.67. The van der Waals surface area contributed by atoms with Gasteiger partial charge >= 0.3 is 0 Å². The third-order valence-corrected chi connectivity index (χ3v) is 6.16. The molecule has 122 valence electrons. The Balaban J connectivity index is 2.00.